The topological polar surface area (TPSA) is 39.2 Å². The fourth-order valence-electron chi connectivity index (χ4n) is 0.595. The van der Waals surface area contributed by atoms with Gasteiger partial charge in [-0.2, -0.15) is 0 Å². The normalized spacial score (nSPS) is 9.08. The molecule has 0 amide bonds. The molecule has 0 aliphatic rings. The van der Waals surface area contributed by atoms with Crippen LogP contribution in [0, 0.1) is 0 Å². The van der Waals surface area contributed by atoms with Gasteiger partial charge < -0.3 is 4.74 Å². The fraction of sp³-hybridized carbons (Fsp3) is 0. The third-order valence-corrected chi connectivity index (χ3v) is 1.71. The second-order valence-corrected chi connectivity index (χ2v) is 2.79. The van der Waals surface area contributed by atoms with Crippen molar-refractivity contribution < 1.29 is 9.53 Å². The molecule has 0 bridgehead atoms. The minimum Gasteiger partial charge on any atom is -0.422 e. The predicted molar refractivity (Wildman–Crippen MR) is 47.8 cm³/mol. The van der Waals surface area contributed by atoms with E-state index in [1.807, 2.05) is 0 Å². The molecule has 62 valence electrons. The van der Waals surface area contributed by atoms with Crippen LogP contribution in [0.1, 0.15) is 0 Å². The second-order valence-electron chi connectivity index (χ2n) is 1.93. The van der Waals surface area contributed by atoms with Gasteiger partial charge in [-0.25, -0.2) is 4.79 Å². The Hall–Kier alpha value is -1.16. The van der Waals surface area contributed by atoms with Crippen LogP contribution >= 0.6 is 15.9 Å². The van der Waals surface area contributed by atoms with E-state index in [4.69, 9.17) is 4.74 Å². The maximum atomic E-state index is 10.8. The van der Waals surface area contributed by atoms with E-state index in [1.165, 1.54) is 6.20 Å². The number of ether oxygens (including phenoxy) is 1. The average molecular weight is 228 g/mol. The molecule has 0 unspecified atom stereocenters. The van der Waals surface area contributed by atoms with E-state index < -0.39 is 5.97 Å². The number of carbonyl (C=O) groups excluding carboxylic acids is 1. The first-order chi connectivity index (χ1) is 5.74. The highest BCUT2D eigenvalue weighted by Gasteiger charge is 2.02. The maximum absolute atomic E-state index is 10.8. The summed E-state index contributed by atoms with van der Waals surface area (Å²) in [6.07, 6.45) is 4.19. The van der Waals surface area contributed by atoms with Crippen LogP contribution in [0.3, 0.4) is 0 Å². The number of nitrogens with zero attached hydrogens (tertiary/aromatic N) is 1. The van der Waals surface area contributed by atoms with Crippen molar-refractivity contribution in [2.45, 2.75) is 0 Å². The van der Waals surface area contributed by atoms with E-state index in [-0.39, 0.29) is 0 Å². The second kappa shape index (κ2) is 4.01. The molecule has 0 aliphatic heterocycles. The molecule has 12 heavy (non-hydrogen) atoms. The van der Waals surface area contributed by atoms with Crippen LogP contribution in [0.25, 0.3) is 0 Å². The van der Waals surface area contributed by atoms with Crippen molar-refractivity contribution in [3.63, 3.8) is 0 Å². The molecule has 0 N–H and O–H groups in total. The van der Waals surface area contributed by atoms with Gasteiger partial charge in [0.2, 0.25) is 0 Å². The quantitative estimate of drug-likeness (QED) is 0.573. The van der Waals surface area contributed by atoms with Crippen molar-refractivity contribution in [1.29, 1.82) is 0 Å². The van der Waals surface area contributed by atoms with Crippen LogP contribution in [0.5, 0.6) is 5.75 Å². The number of rotatable bonds is 2. The highest BCUT2D eigenvalue weighted by Crippen LogP contribution is 2.22. The Bertz CT molecular complexity index is 312. The standard InChI is InChI=1S/C8H6BrNO2/c1-2-8(11)12-7-3-4-10-5-6(7)9/h2-5H,1H2. The van der Waals surface area contributed by atoms with Gasteiger partial charge in [0, 0.05) is 24.5 Å². The molecule has 0 saturated heterocycles. The maximum Gasteiger partial charge on any atom is 0.335 e. The Balaban J connectivity index is 2.82. The highest BCUT2D eigenvalue weighted by atomic mass is 79.9. The summed E-state index contributed by atoms with van der Waals surface area (Å²) in [4.78, 5) is 14.6. The molecule has 0 atom stereocenters. The van der Waals surface area contributed by atoms with Gasteiger partial charge in [0.15, 0.2) is 0 Å². The number of halogens is 1. The van der Waals surface area contributed by atoms with Gasteiger partial charge >= 0.3 is 5.97 Å². The Morgan fingerprint density at radius 1 is 1.75 bits per heavy atom. The molecule has 1 heterocycles. The van der Waals surface area contributed by atoms with Gasteiger partial charge in [0.05, 0.1) is 4.47 Å². The molecule has 1 aromatic heterocycles. The van der Waals surface area contributed by atoms with Gasteiger partial charge in [-0.15, -0.1) is 0 Å². The van der Waals surface area contributed by atoms with Gasteiger partial charge in [-0.05, 0) is 15.9 Å². The third-order valence-electron chi connectivity index (χ3n) is 1.11. The van der Waals surface area contributed by atoms with Gasteiger partial charge in [0.1, 0.15) is 5.75 Å². The zero-order chi connectivity index (χ0) is 8.97. The lowest BCUT2D eigenvalue weighted by molar-refractivity contribution is -0.129. The van der Waals surface area contributed by atoms with Crippen molar-refractivity contribution in [2.75, 3.05) is 0 Å². The summed E-state index contributed by atoms with van der Waals surface area (Å²) >= 11 is 3.18. The number of carbonyl (C=O) groups is 1. The van der Waals surface area contributed by atoms with Gasteiger partial charge in [-0.1, -0.05) is 6.58 Å². The Kier molecular flexibility index (Phi) is 2.99. The Labute approximate surface area is 78.2 Å². The molecule has 0 fully saturated rings. The van der Waals surface area contributed by atoms with E-state index in [9.17, 15) is 4.79 Å². The molecular weight excluding hydrogens is 222 g/mol. The van der Waals surface area contributed by atoms with E-state index in [0.717, 1.165) is 6.08 Å². The molecule has 0 radical (unpaired) electrons. The number of hydrogen-bond acceptors (Lipinski definition) is 3. The molecule has 0 spiro atoms. The Morgan fingerprint density at radius 2 is 2.50 bits per heavy atom. The van der Waals surface area contributed by atoms with Gasteiger partial charge in [-0.3, -0.25) is 4.98 Å². The lowest BCUT2D eigenvalue weighted by atomic mass is 10.4. The van der Waals surface area contributed by atoms with E-state index in [2.05, 4.69) is 27.5 Å². The molecule has 1 aromatic rings. The number of pyridine rings is 1. The summed E-state index contributed by atoms with van der Waals surface area (Å²) < 4.78 is 5.49. The smallest absolute Gasteiger partial charge is 0.335 e. The molecule has 0 saturated carbocycles. The summed E-state index contributed by atoms with van der Waals surface area (Å²) in [5, 5.41) is 0. The summed E-state index contributed by atoms with van der Waals surface area (Å²) in [6.45, 7) is 3.28. The number of aromatic nitrogens is 1. The molecule has 4 heteroatoms. The Morgan fingerprint density at radius 3 is 3.08 bits per heavy atom. The van der Waals surface area contributed by atoms with Crippen LogP contribution in [-0.4, -0.2) is 11.0 Å². The van der Waals surface area contributed by atoms with Gasteiger partial charge in [0.25, 0.3) is 0 Å². The molecule has 0 aromatic carbocycles. The van der Waals surface area contributed by atoms with Crippen molar-refractivity contribution in [2.24, 2.45) is 0 Å². The summed E-state index contributed by atoms with van der Waals surface area (Å²) in [5.41, 5.74) is 0. The average Bonchev–Trinajstić information content (AvgIpc) is 2.09. The SMILES string of the molecule is C=CC(=O)Oc1ccncc1Br. The van der Waals surface area contributed by atoms with Crippen LogP contribution < -0.4 is 4.74 Å². The first-order valence-electron chi connectivity index (χ1n) is 3.18. The minimum atomic E-state index is -0.484. The lowest BCUT2D eigenvalue weighted by Gasteiger charge is -2.01. The molecular formula is C8H6BrNO2. The summed E-state index contributed by atoms with van der Waals surface area (Å²) in [7, 11) is 0. The van der Waals surface area contributed by atoms with E-state index >= 15 is 0 Å². The molecule has 0 aliphatic carbocycles. The molecule has 3 nitrogen and oxygen atoms in total. The lowest BCUT2D eigenvalue weighted by Crippen LogP contribution is -2.03. The van der Waals surface area contributed by atoms with Crippen LogP contribution in [0.4, 0.5) is 0 Å². The van der Waals surface area contributed by atoms with E-state index in [1.54, 1.807) is 12.3 Å². The predicted octanol–water partition coefficient (Wildman–Crippen LogP) is 1.94. The first kappa shape index (κ1) is 8.93. The fourth-order valence-corrected chi connectivity index (χ4v) is 0.927. The third kappa shape index (κ3) is 2.17. The molecule has 1 rings (SSSR count). The van der Waals surface area contributed by atoms with E-state index in [0.29, 0.717) is 10.2 Å². The van der Waals surface area contributed by atoms with Crippen molar-refractivity contribution in [3.8, 4) is 5.75 Å². The number of esters is 1. The highest BCUT2D eigenvalue weighted by molar-refractivity contribution is 9.10. The van der Waals surface area contributed by atoms with Crippen molar-refractivity contribution in [3.05, 3.63) is 35.6 Å². The van der Waals surface area contributed by atoms with Crippen molar-refractivity contribution in [1.82, 2.24) is 4.98 Å². The monoisotopic (exact) mass is 227 g/mol. The summed E-state index contributed by atoms with van der Waals surface area (Å²) in [6, 6.07) is 1.59. The summed E-state index contributed by atoms with van der Waals surface area (Å²) in [5.74, 6) is -0.0446. The van der Waals surface area contributed by atoms with Crippen LogP contribution in [0.15, 0.2) is 35.6 Å². The van der Waals surface area contributed by atoms with Crippen LogP contribution in [-0.2, 0) is 4.79 Å². The zero-order valence-corrected chi connectivity index (χ0v) is 7.74. The van der Waals surface area contributed by atoms with Crippen LogP contribution in [0.2, 0.25) is 0 Å². The largest absolute Gasteiger partial charge is 0.422 e. The number of hydrogen-bond donors (Lipinski definition) is 0. The zero-order valence-electron chi connectivity index (χ0n) is 6.16. The minimum absolute atomic E-state index is 0.440. The first-order valence-corrected chi connectivity index (χ1v) is 3.97. The van der Waals surface area contributed by atoms with Crippen molar-refractivity contribution >= 4 is 21.9 Å².